The fraction of sp³-hybridized carbons (Fsp3) is 0.882. The molecule has 1 N–H and O–H groups in total. The van der Waals surface area contributed by atoms with E-state index in [9.17, 15) is 40.0 Å². The summed E-state index contributed by atoms with van der Waals surface area (Å²) in [6, 6.07) is 0. The van der Waals surface area contributed by atoms with Gasteiger partial charge < -0.3 is 18.9 Å². The standard InChI is InChI=1S/C17H21F5O9S/c1-13(2)9-4-5-14(13,3)15(10(9)30-12(24)17(21,22)32(25,26)27)29-7-8(31-15)6-28-11(23)16(18,19)20/h8-10H,4-7H2,1-3H3,(H,25,26,27). The lowest BCUT2D eigenvalue weighted by atomic mass is 9.68. The maximum Gasteiger partial charge on any atom is 0.490 e. The van der Waals surface area contributed by atoms with Gasteiger partial charge in [0.05, 0.1) is 6.61 Å². The van der Waals surface area contributed by atoms with Crippen LogP contribution in [-0.2, 0) is 38.7 Å². The highest BCUT2D eigenvalue weighted by Crippen LogP contribution is 2.72. The van der Waals surface area contributed by atoms with E-state index in [1.807, 2.05) is 0 Å². The Morgan fingerprint density at radius 2 is 1.72 bits per heavy atom. The molecule has 0 aromatic carbocycles. The van der Waals surface area contributed by atoms with Gasteiger partial charge in [-0.3, -0.25) is 4.55 Å². The van der Waals surface area contributed by atoms with Crippen LogP contribution in [0.15, 0.2) is 0 Å². The van der Waals surface area contributed by atoms with Crippen molar-refractivity contribution < 1.29 is 63.5 Å². The lowest BCUT2D eigenvalue weighted by Crippen LogP contribution is -2.57. The average molecular weight is 496 g/mol. The Morgan fingerprint density at radius 1 is 1.12 bits per heavy atom. The first-order valence-electron chi connectivity index (χ1n) is 9.43. The van der Waals surface area contributed by atoms with E-state index in [1.54, 1.807) is 20.8 Å². The highest BCUT2D eigenvalue weighted by atomic mass is 32.2. The van der Waals surface area contributed by atoms with Crippen molar-refractivity contribution in [2.75, 3.05) is 13.2 Å². The molecule has 1 saturated heterocycles. The van der Waals surface area contributed by atoms with Crippen LogP contribution in [-0.4, -0.2) is 67.5 Å². The second kappa shape index (κ2) is 7.21. The SMILES string of the molecule is CC1(C)C2CCC1(C)C1(OCC(COC(=O)C(F)(F)F)O1)C2OC(=O)C(F)(F)S(=O)(=O)O. The van der Waals surface area contributed by atoms with Crippen LogP contribution in [0.4, 0.5) is 22.0 Å². The molecule has 0 aromatic heterocycles. The minimum Gasteiger partial charge on any atom is -0.456 e. The smallest absolute Gasteiger partial charge is 0.456 e. The number of hydrogen-bond acceptors (Lipinski definition) is 8. The summed E-state index contributed by atoms with van der Waals surface area (Å²) in [5.41, 5.74) is -1.76. The monoisotopic (exact) mass is 496 g/mol. The van der Waals surface area contributed by atoms with E-state index in [1.165, 1.54) is 0 Å². The molecule has 0 radical (unpaired) electrons. The van der Waals surface area contributed by atoms with Gasteiger partial charge in [0.2, 0.25) is 5.79 Å². The van der Waals surface area contributed by atoms with E-state index < -0.39 is 81.4 Å². The number of hydrogen-bond donors (Lipinski definition) is 1. The summed E-state index contributed by atoms with van der Waals surface area (Å²) in [5, 5.41) is -5.26. The summed E-state index contributed by atoms with van der Waals surface area (Å²) in [6.45, 7) is 3.83. The van der Waals surface area contributed by atoms with Crippen molar-refractivity contribution in [3.63, 3.8) is 0 Å². The van der Waals surface area contributed by atoms with Crippen molar-refractivity contribution in [1.29, 1.82) is 0 Å². The summed E-state index contributed by atoms with van der Waals surface area (Å²) in [6.07, 6.45) is -7.28. The molecule has 3 rings (SSSR count). The third kappa shape index (κ3) is 3.39. The summed E-state index contributed by atoms with van der Waals surface area (Å²) in [5.74, 6) is -7.57. The normalized spacial score (nSPS) is 36.5. The van der Waals surface area contributed by atoms with Crippen molar-refractivity contribution in [2.24, 2.45) is 16.7 Å². The Bertz CT molecular complexity index is 918. The third-order valence-electron chi connectivity index (χ3n) is 7.07. The summed E-state index contributed by atoms with van der Waals surface area (Å²) in [4.78, 5) is 23.0. The van der Waals surface area contributed by atoms with Crippen LogP contribution in [0.1, 0.15) is 33.6 Å². The zero-order valence-corrected chi connectivity index (χ0v) is 17.9. The lowest BCUT2D eigenvalue weighted by Gasteiger charge is -2.46. The Kier molecular flexibility index (Phi) is 5.64. The van der Waals surface area contributed by atoms with E-state index >= 15 is 0 Å². The van der Waals surface area contributed by atoms with E-state index in [2.05, 4.69) is 4.74 Å². The van der Waals surface area contributed by atoms with Crippen molar-refractivity contribution in [1.82, 2.24) is 0 Å². The molecule has 2 saturated carbocycles. The zero-order chi connectivity index (χ0) is 24.5. The van der Waals surface area contributed by atoms with Crippen LogP contribution in [0.3, 0.4) is 0 Å². The molecule has 0 amide bonds. The molecule has 2 bridgehead atoms. The van der Waals surface area contributed by atoms with E-state index in [-0.39, 0.29) is 0 Å². The number of rotatable bonds is 5. The number of alkyl halides is 5. The second-order valence-electron chi connectivity index (χ2n) is 8.83. The molecular weight excluding hydrogens is 475 g/mol. The number of ether oxygens (including phenoxy) is 4. The highest BCUT2D eigenvalue weighted by molar-refractivity contribution is 7.87. The molecule has 3 fully saturated rings. The largest absolute Gasteiger partial charge is 0.490 e. The van der Waals surface area contributed by atoms with E-state index in [0.29, 0.717) is 12.8 Å². The summed E-state index contributed by atoms with van der Waals surface area (Å²) >= 11 is 0. The number of halogens is 5. The first-order chi connectivity index (χ1) is 14.3. The molecule has 32 heavy (non-hydrogen) atoms. The highest BCUT2D eigenvalue weighted by Gasteiger charge is 2.79. The predicted molar refractivity (Wildman–Crippen MR) is 91.6 cm³/mol. The van der Waals surface area contributed by atoms with Crippen LogP contribution < -0.4 is 0 Å². The first-order valence-corrected chi connectivity index (χ1v) is 10.9. The van der Waals surface area contributed by atoms with Gasteiger partial charge in [0, 0.05) is 11.3 Å². The molecule has 184 valence electrons. The molecular formula is C17H21F5O9S. The van der Waals surface area contributed by atoms with Gasteiger partial charge in [0.1, 0.15) is 12.7 Å². The Labute approximate surface area is 179 Å². The van der Waals surface area contributed by atoms with Crippen LogP contribution >= 0.6 is 0 Å². The van der Waals surface area contributed by atoms with E-state index in [4.69, 9.17) is 18.8 Å². The molecule has 1 aliphatic heterocycles. The van der Waals surface area contributed by atoms with Crippen LogP contribution in [0.25, 0.3) is 0 Å². The molecule has 15 heteroatoms. The van der Waals surface area contributed by atoms with Gasteiger partial charge in [-0.25, -0.2) is 9.59 Å². The minimum absolute atomic E-state index is 0.362. The van der Waals surface area contributed by atoms with Gasteiger partial charge in [-0.2, -0.15) is 30.4 Å². The topological polar surface area (TPSA) is 125 Å². The van der Waals surface area contributed by atoms with Gasteiger partial charge in [-0.05, 0) is 18.3 Å². The number of carbonyl (C=O) groups is 2. The van der Waals surface area contributed by atoms with Gasteiger partial charge in [0.15, 0.2) is 6.10 Å². The molecule has 5 atom stereocenters. The lowest BCUT2D eigenvalue weighted by molar-refractivity contribution is -0.292. The number of carbonyl (C=O) groups excluding carboxylic acids is 2. The zero-order valence-electron chi connectivity index (χ0n) is 17.1. The Hall–Kier alpha value is -1.58. The van der Waals surface area contributed by atoms with Crippen molar-refractivity contribution in [2.45, 2.75) is 63.0 Å². The fourth-order valence-electron chi connectivity index (χ4n) is 5.02. The predicted octanol–water partition coefficient (Wildman–Crippen LogP) is 2.05. The second-order valence-corrected chi connectivity index (χ2v) is 10.3. The van der Waals surface area contributed by atoms with Crippen LogP contribution in [0, 0.1) is 16.7 Å². The van der Waals surface area contributed by atoms with Gasteiger partial charge in [-0.1, -0.05) is 20.8 Å². The molecule has 3 aliphatic rings. The first kappa shape index (κ1) is 25.1. The Balaban J connectivity index is 1.88. The molecule has 1 spiro atoms. The molecule has 9 nitrogen and oxygen atoms in total. The molecule has 0 aromatic rings. The van der Waals surface area contributed by atoms with Gasteiger partial charge >= 0.3 is 33.5 Å². The third-order valence-corrected chi connectivity index (χ3v) is 7.88. The summed E-state index contributed by atoms with van der Waals surface area (Å²) in [7, 11) is -6.13. The van der Waals surface area contributed by atoms with Crippen molar-refractivity contribution in [3.05, 3.63) is 0 Å². The molecule has 2 aliphatic carbocycles. The molecule has 5 unspecified atom stereocenters. The van der Waals surface area contributed by atoms with Crippen LogP contribution in [0.5, 0.6) is 0 Å². The number of fused-ring (bicyclic) bond motifs is 3. The summed E-state index contributed by atoms with van der Waals surface area (Å²) < 4.78 is 116. The van der Waals surface area contributed by atoms with E-state index in [0.717, 1.165) is 0 Å². The van der Waals surface area contributed by atoms with Crippen molar-refractivity contribution >= 4 is 22.1 Å². The fourth-order valence-corrected chi connectivity index (χ4v) is 5.28. The van der Waals surface area contributed by atoms with Crippen LogP contribution in [0.2, 0.25) is 0 Å². The minimum atomic E-state index is -6.13. The number of esters is 2. The molecule has 1 heterocycles. The van der Waals surface area contributed by atoms with Gasteiger partial charge in [0.25, 0.3) is 0 Å². The quantitative estimate of drug-likeness (QED) is 0.346. The van der Waals surface area contributed by atoms with Crippen molar-refractivity contribution in [3.8, 4) is 0 Å². The maximum atomic E-state index is 13.8. The average Bonchev–Trinajstić information content (AvgIpc) is 3.19. The Morgan fingerprint density at radius 3 is 2.25 bits per heavy atom. The van der Waals surface area contributed by atoms with Gasteiger partial charge in [-0.15, -0.1) is 0 Å². The maximum absolute atomic E-state index is 13.8.